The predicted octanol–water partition coefficient (Wildman–Crippen LogP) is 3.61. The monoisotopic (exact) mass is 204 g/mol. The minimum absolute atomic E-state index is 0.234. The highest BCUT2D eigenvalue weighted by molar-refractivity contribution is 6.23. The first-order valence-corrected chi connectivity index (χ1v) is 5.64. The van der Waals surface area contributed by atoms with Gasteiger partial charge in [-0.05, 0) is 18.4 Å². The Bertz CT molecular complexity index is 361. The van der Waals surface area contributed by atoms with Gasteiger partial charge in [-0.1, -0.05) is 42.5 Å². The number of alkyl halides is 1. The maximum Gasteiger partial charge on any atom is 0.0451 e. The van der Waals surface area contributed by atoms with E-state index in [-0.39, 0.29) is 5.41 Å². The Kier molecular flexibility index (Phi) is 1.75. The molecule has 2 unspecified atom stereocenters. The van der Waals surface area contributed by atoms with E-state index in [1.807, 2.05) is 0 Å². The highest BCUT2D eigenvalue weighted by atomic mass is 35.5. The van der Waals surface area contributed by atoms with Crippen LogP contribution in [0.3, 0.4) is 0 Å². The van der Waals surface area contributed by atoms with Gasteiger partial charge in [0, 0.05) is 16.7 Å². The summed E-state index contributed by atoms with van der Waals surface area (Å²) in [6.45, 7) is 0. The van der Waals surface area contributed by atoms with E-state index in [1.54, 1.807) is 0 Å². The molecule has 0 radical (unpaired) electrons. The highest BCUT2D eigenvalue weighted by Gasteiger charge is 2.58. The van der Waals surface area contributed by atoms with Gasteiger partial charge < -0.3 is 0 Å². The van der Waals surface area contributed by atoms with Crippen molar-refractivity contribution >= 4 is 11.6 Å². The molecule has 72 valence electrons. The summed E-state index contributed by atoms with van der Waals surface area (Å²) in [6, 6.07) is 0. The summed E-state index contributed by atoms with van der Waals surface area (Å²) in [6.07, 6.45) is 17.8. The van der Waals surface area contributed by atoms with E-state index < -0.39 is 0 Å². The third-order valence-electron chi connectivity index (χ3n) is 3.57. The Morgan fingerprint density at radius 1 is 1.29 bits per heavy atom. The van der Waals surface area contributed by atoms with Crippen molar-refractivity contribution in [3.8, 4) is 0 Å². The number of rotatable bonds is 2. The number of allylic oxidation sites excluding steroid dienone is 8. The van der Waals surface area contributed by atoms with Crippen LogP contribution in [-0.4, -0.2) is 5.38 Å². The van der Waals surface area contributed by atoms with Crippen molar-refractivity contribution in [2.45, 2.75) is 18.2 Å². The van der Waals surface area contributed by atoms with Gasteiger partial charge in [0.25, 0.3) is 0 Å². The van der Waals surface area contributed by atoms with Crippen molar-refractivity contribution in [2.24, 2.45) is 11.3 Å². The van der Waals surface area contributed by atoms with Crippen LogP contribution in [0.15, 0.2) is 48.1 Å². The van der Waals surface area contributed by atoms with Gasteiger partial charge >= 0.3 is 0 Å². The zero-order valence-corrected chi connectivity index (χ0v) is 8.74. The van der Waals surface area contributed by atoms with Crippen molar-refractivity contribution in [1.82, 2.24) is 0 Å². The molecule has 0 aromatic carbocycles. The summed E-state index contributed by atoms with van der Waals surface area (Å²) >= 11 is 6.33. The number of hydrogen-bond donors (Lipinski definition) is 0. The lowest BCUT2D eigenvalue weighted by atomic mass is 9.83. The molecule has 0 heterocycles. The van der Waals surface area contributed by atoms with Crippen LogP contribution in [0.25, 0.3) is 0 Å². The van der Waals surface area contributed by atoms with Crippen molar-refractivity contribution < 1.29 is 0 Å². The van der Waals surface area contributed by atoms with E-state index >= 15 is 0 Å². The zero-order valence-electron chi connectivity index (χ0n) is 7.99. The Labute approximate surface area is 89.6 Å². The molecule has 1 fully saturated rings. The zero-order chi connectivity index (χ0) is 9.60. The average molecular weight is 205 g/mol. The first kappa shape index (κ1) is 8.55. The molecule has 1 saturated carbocycles. The van der Waals surface area contributed by atoms with Crippen LogP contribution >= 0.6 is 11.6 Å². The van der Waals surface area contributed by atoms with Crippen LogP contribution in [0.2, 0.25) is 0 Å². The first-order chi connectivity index (χ1) is 6.84. The van der Waals surface area contributed by atoms with E-state index in [9.17, 15) is 0 Å². The Morgan fingerprint density at radius 3 is 2.50 bits per heavy atom. The smallest absolute Gasteiger partial charge is 0.0451 e. The van der Waals surface area contributed by atoms with Crippen molar-refractivity contribution in [1.29, 1.82) is 0 Å². The fraction of sp³-hybridized carbons (Fsp3) is 0.385. The van der Waals surface area contributed by atoms with E-state index in [1.165, 1.54) is 5.57 Å². The second-order valence-electron chi connectivity index (χ2n) is 4.31. The van der Waals surface area contributed by atoms with Crippen LogP contribution in [-0.2, 0) is 0 Å². The molecule has 0 nitrogen and oxygen atoms in total. The molecule has 3 aliphatic rings. The fourth-order valence-corrected chi connectivity index (χ4v) is 3.18. The summed E-state index contributed by atoms with van der Waals surface area (Å²) in [5, 5.41) is 0.328. The lowest BCUT2D eigenvalue weighted by Crippen LogP contribution is -2.15. The number of halogens is 1. The van der Waals surface area contributed by atoms with Crippen molar-refractivity contribution in [3.63, 3.8) is 0 Å². The van der Waals surface area contributed by atoms with Crippen LogP contribution in [0, 0.1) is 11.3 Å². The SMILES string of the molecule is ClC1CC1(C1=CCC=C1)C1C=CC=C1. The van der Waals surface area contributed by atoms with Gasteiger partial charge in [0.1, 0.15) is 0 Å². The van der Waals surface area contributed by atoms with E-state index in [0.29, 0.717) is 11.3 Å². The maximum absolute atomic E-state index is 6.33. The van der Waals surface area contributed by atoms with Gasteiger partial charge in [0.05, 0.1) is 0 Å². The van der Waals surface area contributed by atoms with Crippen LogP contribution in [0.1, 0.15) is 12.8 Å². The molecular formula is C13H13Cl. The molecule has 0 aromatic heterocycles. The van der Waals surface area contributed by atoms with Gasteiger partial charge in [-0.15, -0.1) is 11.6 Å². The van der Waals surface area contributed by atoms with Gasteiger partial charge in [-0.3, -0.25) is 0 Å². The standard InChI is InChI=1S/C13H13Cl/c14-12-9-13(12,10-5-1-2-6-10)11-7-3-4-8-11/h1-3,5-8,10,12H,4,9H2. The molecule has 0 saturated heterocycles. The predicted molar refractivity (Wildman–Crippen MR) is 60.3 cm³/mol. The molecule has 14 heavy (non-hydrogen) atoms. The highest BCUT2D eigenvalue weighted by Crippen LogP contribution is 2.63. The molecule has 0 N–H and O–H groups in total. The summed E-state index contributed by atoms with van der Waals surface area (Å²) in [5.41, 5.74) is 1.69. The molecule has 0 bridgehead atoms. The van der Waals surface area contributed by atoms with Gasteiger partial charge in [0.15, 0.2) is 0 Å². The normalized spacial score (nSPS) is 39.5. The molecule has 3 aliphatic carbocycles. The largest absolute Gasteiger partial charge is 0.122 e. The van der Waals surface area contributed by atoms with E-state index in [0.717, 1.165) is 12.8 Å². The second kappa shape index (κ2) is 2.87. The van der Waals surface area contributed by atoms with E-state index in [2.05, 4.69) is 42.5 Å². The maximum atomic E-state index is 6.33. The van der Waals surface area contributed by atoms with Gasteiger partial charge in [-0.25, -0.2) is 0 Å². The molecule has 0 aromatic rings. The summed E-state index contributed by atoms with van der Waals surface area (Å²) < 4.78 is 0. The van der Waals surface area contributed by atoms with Crippen molar-refractivity contribution in [2.75, 3.05) is 0 Å². The lowest BCUT2D eigenvalue weighted by Gasteiger charge is -2.21. The lowest BCUT2D eigenvalue weighted by molar-refractivity contribution is 0.529. The summed E-state index contributed by atoms with van der Waals surface area (Å²) in [4.78, 5) is 0. The fourth-order valence-electron chi connectivity index (χ4n) is 2.65. The molecule has 0 amide bonds. The summed E-state index contributed by atoms with van der Waals surface area (Å²) in [5.74, 6) is 0.527. The molecule has 2 atom stereocenters. The van der Waals surface area contributed by atoms with Gasteiger partial charge in [-0.2, -0.15) is 0 Å². The Hall–Kier alpha value is -0.750. The topological polar surface area (TPSA) is 0 Å². The Balaban J connectivity index is 1.96. The van der Waals surface area contributed by atoms with Crippen LogP contribution < -0.4 is 0 Å². The molecule has 1 heteroatoms. The first-order valence-electron chi connectivity index (χ1n) is 5.20. The molecule has 0 spiro atoms. The third kappa shape index (κ3) is 1.01. The second-order valence-corrected chi connectivity index (χ2v) is 4.83. The van der Waals surface area contributed by atoms with Crippen LogP contribution in [0.4, 0.5) is 0 Å². The average Bonchev–Trinajstić information content (AvgIpc) is 2.78. The van der Waals surface area contributed by atoms with Gasteiger partial charge in [0.2, 0.25) is 0 Å². The van der Waals surface area contributed by atoms with E-state index in [4.69, 9.17) is 11.6 Å². The Morgan fingerprint density at radius 2 is 2.00 bits per heavy atom. The molecule has 0 aliphatic heterocycles. The van der Waals surface area contributed by atoms with Crippen molar-refractivity contribution in [3.05, 3.63) is 48.1 Å². The molecular weight excluding hydrogens is 192 g/mol. The minimum atomic E-state index is 0.234. The quantitative estimate of drug-likeness (QED) is 0.603. The van der Waals surface area contributed by atoms with Crippen LogP contribution in [0.5, 0.6) is 0 Å². The number of hydrogen-bond acceptors (Lipinski definition) is 0. The minimum Gasteiger partial charge on any atom is -0.122 e. The summed E-state index contributed by atoms with van der Waals surface area (Å²) in [7, 11) is 0. The molecule has 3 rings (SSSR count). The third-order valence-corrected chi connectivity index (χ3v) is 4.11.